The highest BCUT2D eigenvalue weighted by molar-refractivity contribution is 9.10. The molecule has 2 heterocycles. The first-order chi connectivity index (χ1) is 7.98. The van der Waals surface area contributed by atoms with Gasteiger partial charge in [0.15, 0.2) is 0 Å². The zero-order valence-electron chi connectivity index (χ0n) is 10.4. The number of aromatic nitrogens is 1. The van der Waals surface area contributed by atoms with Crippen molar-refractivity contribution < 1.29 is 4.79 Å². The van der Waals surface area contributed by atoms with Gasteiger partial charge in [-0.15, -0.1) is 12.4 Å². The maximum Gasteiger partial charge on any atom is 0.255 e. The van der Waals surface area contributed by atoms with Crippen LogP contribution in [0, 0.1) is 0 Å². The molecular weight excluding hydrogens is 318 g/mol. The van der Waals surface area contributed by atoms with Crippen LogP contribution in [0.25, 0.3) is 0 Å². The molecule has 1 N–H and O–H groups in total. The molecule has 2 rings (SSSR count). The summed E-state index contributed by atoms with van der Waals surface area (Å²) in [5.41, 5.74) is 0.616. The van der Waals surface area contributed by atoms with E-state index in [2.05, 4.69) is 40.1 Å². The lowest BCUT2D eigenvalue weighted by Crippen LogP contribution is -2.58. The highest BCUT2D eigenvalue weighted by Crippen LogP contribution is 2.15. The molecule has 100 valence electrons. The van der Waals surface area contributed by atoms with Gasteiger partial charge in [-0.3, -0.25) is 9.78 Å². The second kappa shape index (κ2) is 5.99. The normalized spacial score (nSPS) is 18.1. The van der Waals surface area contributed by atoms with Gasteiger partial charge in [0.25, 0.3) is 5.91 Å². The number of halogens is 2. The molecular formula is C12H17BrClN3O. The van der Waals surface area contributed by atoms with Gasteiger partial charge in [0.05, 0.1) is 5.56 Å². The molecule has 0 spiro atoms. The van der Waals surface area contributed by atoms with Crippen LogP contribution in [-0.2, 0) is 0 Å². The Morgan fingerprint density at radius 2 is 2.22 bits per heavy atom. The molecule has 1 amide bonds. The smallest absolute Gasteiger partial charge is 0.255 e. The van der Waals surface area contributed by atoms with E-state index in [0.29, 0.717) is 5.56 Å². The maximum atomic E-state index is 12.3. The van der Waals surface area contributed by atoms with Crippen LogP contribution in [0.3, 0.4) is 0 Å². The molecule has 1 saturated heterocycles. The van der Waals surface area contributed by atoms with Crippen molar-refractivity contribution in [3.05, 3.63) is 28.5 Å². The summed E-state index contributed by atoms with van der Waals surface area (Å²) in [5, 5.41) is 3.39. The Labute approximate surface area is 122 Å². The Balaban J connectivity index is 0.00000162. The number of pyridine rings is 1. The minimum Gasteiger partial charge on any atom is -0.335 e. The van der Waals surface area contributed by atoms with Gasteiger partial charge in [0.1, 0.15) is 0 Å². The molecule has 0 bridgehead atoms. The lowest BCUT2D eigenvalue weighted by molar-refractivity contribution is 0.0651. The van der Waals surface area contributed by atoms with Crippen LogP contribution in [0.4, 0.5) is 0 Å². The van der Waals surface area contributed by atoms with Gasteiger partial charge in [-0.25, -0.2) is 0 Å². The average Bonchev–Trinajstić information content (AvgIpc) is 2.26. The molecule has 6 heteroatoms. The second-order valence-corrected chi connectivity index (χ2v) is 5.84. The number of amides is 1. The van der Waals surface area contributed by atoms with Crippen molar-refractivity contribution in [1.29, 1.82) is 0 Å². The molecule has 0 aliphatic carbocycles. The fraction of sp³-hybridized carbons (Fsp3) is 0.500. The van der Waals surface area contributed by atoms with Crippen LogP contribution in [0.5, 0.6) is 0 Å². The van der Waals surface area contributed by atoms with Crippen LogP contribution in [0.15, 0.2) is 22.9 Å². The van der Waals surface area contributed by atoms with Gasteiger partial charge < -0.3 is 10.2 Å². The minimum atomic E-state index is -0.0205. The summed E-state index contributed by atoms with van der Waals surface area (Å²) < 4.78 is 0.831. The van der Waals surface area contributed by atoms with Gasteiger partial charge in [-0.1, -0.05) is 0 Å². The standard InChI is InChI=1S/C12H16BrN3O.ClH/c1-12(2)8-16(4-3-15-12)11(17)9-5-10(13)7-14-6-9;/h5-7,15H,3-4,8H2,1-2H3;1H. The molecule has 0 unspecified atom stereocenters. The van der Waals surface area contributed by atoms with Gasteiger partial charge in [-0.05, 0) is 35.8 Å². The predicted octanol–water partition coefficient (Wildman–Crippen LogP) is 2.09. The Morgan fingerprint density at radius 3 is 2.83 bits per heavy atom. The van der Waals surface area contributed by atoms with Crippen molar-refractivity contribution in [3.8, 4) is 0 Å². The molecule has 1 aromatic rings. The van der Waals surface area contributed by atoms with Crippen LogP contribution in [0.2, 0.25) is 0 Å². The van der Waals surface area contributed by atoms with E-state index in [1.54, 1.807) is 12.4 Å². The van der Waals surface area contributed by atoms with Crippen molar-refractivity contribution in [3.63, 3.8) is 0 Å². The fourth-order valence-corrected chi connectivity index (χ4v) is 2.39. The number of carbonyl (C=O) groups is 1. The first-order valence-corrected chi connectivity index (χ1v) is 6.42. The molecule has 1 fully saturated rings. The highest BCUT2D eigenvalue weighted by atomic mass is 79.9. The Bertz CT molecular complexity index is 439. The zero-order chi connectivity index (χ0) is 12.5. The van der Waals surface area contributed by atoms with Crippen LogP contribution < -0.4 is 5.32 Å². The van der Waals surface area contributed by atoms with Crippen molar-refractivity contribution in [2.75, 3.05) is 19.6 Å². The Kier molecular flexibility index (Phi) is 5.13. The first-order valence-electron chi connectivity index (χ1n) is 5.63. The summed E-state index contributed by atoms with van der Waals surface area (Å²) in [6, 6.07) is 1.81. The van der Waals surface area contributed by atoms with Crippen LogP contribution >= 0.6 is 28.3 Å². The lowest BCUT2D eigenvalue weighted by atomic mass is 10.0. The number of hydrogen-bond donors (Lipinski definition) is 1. The van der Waals surface area contributed by atoms with E-state index in [9.17, 15) is 4.79 Å². The summed E-state index contributed by atoms with van der Waals surface area (Å²) in [6.45, 7) is 6.50. The van der Waals surface area contributed by atoms with Crippen molar-refractivity contribution in [2.24, 2.45) is 0 Å². The lowest BCUT2D eigenvalue weighted by Gasteiger charge is -2.39. The number of carbonyl (C=O) groups excluding carboxylic acids is 1. The fourth-order valence-electron chi connectivity index (χ4n) is 2.03. The Morgan fingerprint density at radius 1 is 1.50 bits per heavy atom. The van der Waals surface area contributed by atoms with E-state index >= 15 is 0 Å². The summed E-state index contributed by atoms with van der Waals surface area (Å²) in [6.07, 6.45) is 3.29. The van der Waals surface area contributed by atoms with E-state index in [0.717, 1.165) is 24.1 Å². The molecule has 1 aliphatic heterocycles. The molecule has 0 aromatic carbocycles. The SMILES string of the molecule is CC1(C)CN(C(=O)c2cncc(Br)c2)CCN1.Cl. The first kappa shape index (κ1) is 15.4. The number of rotatable bonds is 1. The summed E-state index contributed by atoms with van der Waals surface area (Å²) in [5.74, 6) is 0.0494. The van der Waals surface area contributed by atoms with Gasteiger partial charge in [0, 0.05) is 42.0 Å². The summed E-state index contributed by atoms with van der Waals surface area (Å²) in [7, 11) is 0. The zero-order valence-corrected chi connectivity index (χ0v) is 12.8. The number of piperazine rings is 1. The highest BCUT2D eigenvalue weighted by Gasteiger charge is 2.29. The van der Waals surface area contributed by atoms with Crippen molar-refractivity contribution in [1.82, 2.24) is 15.2 Å². The maximum absolute atomic E-state index is 12.3. The monoisotopic (exact) mass is 333 g/mol. The van der Waals surface area contributed by atoms with E-state index in [4.69, 9.17) is 0 Å². The van der Waals surface area contributed by atoms with E-state index < -0.39 is 0 Å². The Hall–Kier alpha value is -0.650. The predicted molar refractivity (Wildman–Crippen MR) is 77.2 cm³/mol. The molecule has 1 aliphatic rings. The topological polar surface area (TPSA) is 45.2 Å². The largest absolute Gasteiger partial charge is 0.335 e. The van der Waals surface area contributed by atoms with Gasteiger partial charge in [-0.2, -0.15) is 0 Å². The number of nitrogens with zero attached hydrogens (tertiary/aromatic N) is 2. The quantitative estimate of drug-likeness (QED) is 0.855. The number of nitrogens with one attached hydrogen (secondary N) is 1. The van der Waals surface area contributed by atoms with Gasteiger partial charge >= 0.3 is 0 Å². The van der Waals surface area contributed by atoms with E-state index in [1.807, 2.05) is 11.0 Å². The summed E-state index contributed by atoms with van der Waals surface area (Å²) in [4.78, 5) is 18.2. The summed E-state index contributed by atoms with van der Waals surface area (Å²) >= 11 is 3.33. The third kappa shape index (κ3) is 3.67. The molecule has 4 nitrogen and oxygen atoms in total. The number of hydrogen-bond acceptors (Lipinski definition) is 3. The van der Waals surface area contributed by atoms with E-state index in [1.165, 1.54) is 0 Å². The molecule has 18 heavy (non-hydrogen) atoms. The van der Waals surface area contributed by atoms with Crippen LogP contribution in [-0.4, -0.2) is 41.0 Å². The molecule has 0 saturated carbocycles. The molecule has 0 radical (unpaired) electrons. The van der Waals surface area contributed by atoms with E-state index in [-0.39, 0.29) is 23.9 Å². The van der Waals surface area contributed by atoms with Gasteiger partial charge in [0.2, 0.25) is 0 Å². The third-order valence-electron chi connectivity index (χ3n) is 2.81. The van der Waals surface area contributed by atoms with Crippen molar-refractivity contribution >= 4 is 34.2 Å². The third-order valence-corrected chi connectivity index (χ3v) is 3.24. The molecule has 1 aromatic heterocycles. The van der Waals surface area contributed by atoms with Crippen molar-refractivity contribution in [2.45, 2.75) is 19.4 Å². The average molecular weight is 335 g/mol. The second-order valence-electron chi connectivity index (χ2n) is 4.93. The molecule has 0 atom stereocenters. The minimum absolute atomic E-state index is 0. The van der Waals surface area contributed by atoms with Crippen LogP contribution in [0.1, 0.15) is 24.2 Å².